The van der Waals surface area contributed by atoms with E-state index in [4.69, 9.17) is 16.9 Å². The second kappa shape index (κ2) is 6.44. The van der Waals surface area contributed by atoms with Crippen LogP contribution in [0.1, 0.15) is 30.9 Å². The van der Waals surface area contributed by atoms with E-state index in [2.05, 4.69) is 5.92 Å². The van der Waals surface area contributed by atoms with E-state index in [0.29, 0.717) is 0 Å². The van der Waals surface area contributed by atoms with Crippen LogP contribution in [-0.4, -0.2) is 30.5 Å². The van der Waals surface area contributed by atoms with Crippen LogP contribution in [-0.2, 0) is 4.79 Å². The Morgan fingerprint density at radius 3 is 2.85 bits per heavy atom. The fraction of sp³-hybridized carbons (Fsp3) is 0.438. The highest BCUT2D eigenvalue weighted by Crippen LogP contribution is 2.33. The number of ether oxygens (including phenoxy) is 1. The molecule has 1 aliphatic heterocycles. The maximum absolute atomic E-state index is 12.3. The third kappa shape index (κ3) is 2.94. The van der Waals surface area contributed by atoms with Crippen LogP contribution in [0, 0.1) is 12.3 Å². The van der Waals surface area contributed by atoms with E-state index in [1.807, 2.05) is 29.2 Å². The van der Waals surface area contributed by atoms with Crippen molar-refractivity contribution in [3.8, 4) is 18.1 Å². The molecule has 0 aliphatic carbocycles. The zero-order chi connectivity index (χ0) is 14.5. The molecule has 1 aromatic carbocycles. The smallest absolute Gasteiger partial charge is 0.240 e. The molecule has 20 heavy (non-hydrogen) atoms. The molecule has 0 bridgehead atoms. The Morgan fingerprint density at radius 1 is 1.55 bits per heavy atom. The summed E-state index contributed by atoms with van der Waals surface area (Å²) in [5, 5.41) is 0. The lowest BCUT2D eigenvalue weighted by Crippen LogP contribution is -2.43. The number of likely N-dealkylation sites (tertiary alicyclic amines) is 1. The zero-order valence-electron chi connectivity index (χ0n) is 11.7. The normalized spacial score (nSPS) is 19.4. The van der Waals surface area contributed by atoms with Crippen molar-refractivity contribution in [3.63, 3.8) is 0 Å². The van der Waals surface area contributed by atoms with E-state index in [1.54, 1.807) is 7.11 Å². The van der Waals surface area contributed by atoms with Gasteiger partial charge in [0.05, 0.1) is 19.2 Å². The fourth-order valence-corrected chi connectivity index (χ4v) is 2.63. The van der Waals surface area contributed by atoms with Crippen LogP contribution >= 0.6 is 0 Å². The number of hydrogen-bond acceptors (Lipinski definition) is 3. The lowest BCUT2D eigenvalue weighted by Gasteiger charge is -2.27. The molecule has 0 radical (unpaired) electrons. The number of nitrogens with zero attached hydrogens (tertiary/aromatic N) is 1. The Morgan fingerprint density at radius 2 is 2.25 bits per heavy atom. The molecular formula is C16H20N2O2. The quantitative estimate of drug-likeness (QED) is 0.849. The molecule has 1 aromatic rings. The molecular weight excluding hydrogens is 252 g/mol. The Bertz CT molecular complexity index is 504. The van der Waals surface area contributed by atoms with Gasteiger partial charge in [0.1, 0.15) is 5.75 Å². The van der Waals surface area contributed by atoms with Gasteiger partial charge in [-0.15, -0.1) is 12.3 Å². The van der Waals surface area contributed by atoms with Gasteiger partial charge in [0.2, 0.25) is 5.91 Å². The molecule has 0 saturated carbocycles. The lowest BCUT2D eigenvalue weighted by molar-refractivity contribution is -0.133. The van der Waals surface area contributed by atoms with E-state index in [9.17, 15) is 4.79 Å². The number of hydrogen-bond donors (Lipinski definition) is 1. The summed E-state index contributed by atoms with van der Waals surface area (Å²) in [6.07, 6.45) is 7.46. The Kier molecular flexibility index (Phi) is 4.65. The highest BCUT2D eigenvalue weighted by molar-refractivity contribution is 5.82. The molecule has 1 saturated heterocycles. The van der Waals surface area contributed by atoms with Gasteiger partial charge in [-0.2, -0.15) is 0 Å². The SMILES string of the molecule is C#CCC(N)C(=O)N1CCCC1c1ccc(OC)cc1. The first-order chi connectivity index (χ1) is 9.67. The average molecular weight is 272 g/mol. The topological polar surface area (TPSA) is 55.6 Å². The van der Waals surface area contributed by atoms with Gasteiger partial charge in [0.25, 0.3) is 0 Å². The first kappa shape index (κ1) is 14.4. The molecule has 1 aliphatic rings. The van der Waals surface area contributed by atoms with Crippen LogP contribution in [0.2, 0.25) is 0 Å². The number of methoxy groups -OCH3 is 1. The maximum atomic E-state index is 12.3. The summed E-state index contributed by atoms with van der Waals surface area (Å²) in [4.78, 5) is 14.2. The van der Waals surface area contributed by atoms with Crippen molar-refractivity contribution in [1.29, 1.82) is 0 Å². The van der Waals surface area contributed by atoms with Crippen LogP contribution in [0.4, 0.5) is 0 Å². The number of amides is 1. The van der Waals surface area contributed by atoms with Crippen LogP contribution in [0.3, 0.4) is 0 Å². The van der Waals surface area contributed by atoms with Crippen molar-refractivity contribution in [3.05, 3.63) is 29.8 Å². The summed E-state index contributed by atoms with van der Waals surface area (Å²) in [5.74, 6) is 3.21. The van der Waals surface area contributed by atoms with Gasteiger partial charge < -0.3 is 15.4 Å². The van der Waals surface area contributed by atoms with Crippen molar-refractivity contribution in [2.75, 3.05) is 13.7 Å². The standard InChI is InChI=1S/C16H20N2O2/c1-3-5-14(17)16(19)18-11-4-6-15(18)12-7-9-13(20-2)10-8-12/h1,7-10,14-15H,4-6,11,17H2,2H3. The summed E-state index contributed by atoms with van der Waals surface area (Å²) in [7, 11) is 1.64. The van der Waals surface area contributed by atoms with Crippen molar-refractivity contribution in [2.24, 2.45) is 5.73 Å². The third-order valence-electron chi connectivity index (χ3n) is 3.69. The molecule has 2 rings (SSSR count). The van der Waals surface area contributed by atoms with Crippen LogP contribution in [0.25, 0.3) is 0 Å². The van der Waals surface area contributed by atoms with E-state index < -0.39 is 6.04 Å². The van der Waals surface area contributed by atoms with E-state index >= 15 is 0 Å². The molecule has 0 spiro atoms. The monoisotopic (exact) mass is 272 g/mol. The van der Waals surface area contributed by atoms with Crippen LogP contribution < -0.4 is 10.5 Å². The van der Waals surface area contributed by atoms with Gasteiger partial charge in [-0.25, -0.2) is 0 Å². The molecule has 1 fully saturated rings. The fourth-order valence-electron chi connectivity index (χ4n) is 2.63. The number of carbonyl (C=O) groups is 1. The second-order valence-electron chi connectivity index (χ2n) is 4.98. The van der Waals surface area contributed by atoms with Gasteiger partial charge in [-0.1, -0.05) is 12.1 Å². The summed E-state index contributed by atoms with van der Waals surface area (Å²) in [6, 6.07) is 7.33. The van der Waals surface area contributed by atoms with Crippen LogP contribution in [0.5, 0.6) is 5.75 Å². The first-order valence-corrected chi connectivity index (χ1v) is 6.81. The molecule has 2 unspecified atom stereocenters. The third-order valence-corrected chi connectivity index (χ3v) is 3.69. The van der Waals surface area contributed by atoms with Gasteiger partial charge in [0, 0.05) is 13.0 Å². The van der Waals surface area contributed by atoms with Crippen molar-refractivity contribution in [2.45, 2.75) is 31.3 Å². The van der Waals surface area contributed by atoms with Gasteiger partial charge in [-0.05, 0) is 30.5 Å². The van der Waals surface area contributed by atoms with Crippen molar-refractivity contribution in [1.82, 2.24) is 4.90 Å². The number of carbonyl (C=O) groups excluding carboxylic acids is 1. The van der Waals surface area contributed by atoms with Gasteiger partial charge in [0.15, 0.2) is 0 Å². The summed E-state index contributed by atoms with van der Waals surface area (Å²) in [5.41, 5.74) is 6.96. The largest absolute Gasteiger partial charge is 0.497 e. The van der Waals surface area contributed by atoms with Crippen molar-refractivity contribution < 1.29 is 9.53 Å². The van der Waals surface area contributed by atoms with E-state index in [1.165, 1.54) is 0 Å². The minimum Gasteiger partial charge on any atom is -0.497 e. The predicted molar refractivity (Wildman–Crippen MR) is 78.1 cm³/mol. The number of terminal acetylenes is 1. The summed E-state index contributed by atoms with van der Waals surface area (Å²) >= 11 is 0. The Labute approximate surface area is 119 Å². The maximum Gasteiger partial charge on any atom is 0.240 e. The summed E-state index contributed by atoms with van der Waals surface area (Å²) in [6.45, 7) is 0.744. The number of benzene rings is 1. The van der Waals surface area contributed by atoms with Crippen LogP contribution in [0.15, 0.2) is 24.3 Å². The zero-order valence-corrected chi connectivity index (χ0v) is 11.7. The highest BCUT2D eigenvalue weighted by atomic mass is 16.5. The van der Waals surface area contributed by atoms with Crippen molar-refractivity contribution >= 4 is 5.91 Å². The molecule has 4 heteroatoms. The molecule has 106 valence electrons. The first-order valence-electron chi connectivity index (χ1n) is 6.81. The highest BCUT2D eigenvalue weighted by Gasteiger charge is 2.32. The van der Waals surface area contributed by atoms with Gasteiger partial charge >= 0.3 is 0 Å². The Hall–Kier alpha value is -1.99. The lowest BCUT2D eigenvalue weighted by atomic mass is 10.0. The summed E-state index contributed by atoms with van der Waals surface area (Å²) < 4.78 is 5.15. The van der Waals surface area contributed by atoms with E-state index in [0.717, 1.165) is 30.7 Å². The molecule has 2 N–H and O–H groups in total. The van der Waals surface area contributed by atoms with E-state index in [-0.39, 0.29) is 18.4 Å². The number of rotatable bonds is 4. The number of nitrogens with two attached hydrogens (primary N) is 1. The molecule has 1 heterocycles. The molecule has 0 aromatic heterocycles. The predicted octanol–water partition coefficient (Wildman–Crippen LogP) is 1.71. The molecule has 2 atom stereocenters. The van der Waals surface area contributed by atoms with Gasteiger partial charge in [-0.3, -0.25) is 4.79 Å². The average Bonchev–Trinajstić information content (AvgIpc) is 2.96. The Balaban J connectivity index is 2.14. The minimum atomic E-state index is -0.598. The minimum absolute atomic E-state index is 0.0544. The second-order valence-corrected chi connectivity index (χ2v) is 4.98. The molecule has 4 nitrogen and oxygen atoms in total. The molecule has 1 amide bonds.